The van der Waals surface area contributed by atoms with Gasteiger partial charge >= 0.3 is 0 Å². The van der Waals surface area contributed by atoms with E-state index >= 15 is 0 Å². The second-order valence-electron chi connectivity index (χ2n) is 6.67. The van der Waals surface area contributed by atoms with Crippen LogP contribution in [0.1, 0.15) is 54.4 Å². The van der Waals surface area contributed by atoms with Crippen molar-refractivity contribution in [2.24, 2.45) is 0 Å². The Morgan fingerprint density at radius 2 is 1.93 bits per heavy atom. The van der Waals surface area contributed by atoms with E-state index in [1.54, 1.807) is 0 Å². The molecule has 0 bridgehead atoms. The third-order valence-corrected chi connectivity index (χ3v) is 7.81. The largest absolute Gasteiger partial charge is 0.296 e. The van der Waals surface area contributed by atoms with E-state index in [0.717, 1.165) is 43.5 Å². The van der Waals surface area contributed by atoms with E-state index in [1.807, 2.05) is 6.92 Å². The smallest absolute Gasteiger partial charge is 0.257 e. The van der Waals surface area contributed by atoms with Gasteiger partial charge in [-0.15, -0.1) is 10.2 Å². The molecule has 0 aliphatic carbocycles. The average Bonchev–Trinajstić information content (AvgIpc) is 2.92. The van der Waals surface area contributed by atoms with Crippen molar-refractivity contribution in [2.75, 3.05) is 18.4 Å². The summed E-state index contributed by atoms with van der Waals surface area (Å²) in [5.41, 5.74) is 0.213. The van der Waals surface area contributed by atoms with Crippen molar-refractivity contribution < 1.29 is 13.2 Å². The molecule has 2 heterocycles. The zero-order valence-electron chi connectivity index (χ0n) is 15.6. The summed E-state index contributed by atoms with van der Waals surface area (Å²) in [6, 6.07) is 4.29. The van der Waals surface area contributed by atoms with E-state index in [0.29, 0.717) is 18.2 Å². The fraction of sp³-hybridized carbons (Fsp3) is 0.500. The van der Waals surface area contributed by atoms with Gasteiger partial charge in [0, 0.05) is 25.1 Å². The molecule has 1 aromatic carbocycles. The molecule has 1 amide bonds. The molecule has 3 rings (SSSR count). The molecule has 1 aromatic heterocycles. The molecule has 0 unspecified atom stereocenters. The number of anilines is 1. The molecular weight excluding hydrogens is 420 g/mol. The minimum atomic E-state index is -3.75. The lowest BCUT2D eigenvalue weighted by Crippen LogP contribution is -2.32. The van der Waals surface area contributed by atoms with Crippen molar-refractivity contribution in [2.45, 2.75) is 50.3 Å². The van der Waals surface area contributed by atoms with Gasteiger partial charge in [0.15, 0.2) is 0 Å². The number of aromatic nitrogens is 2. The molecule has 28 heavy (non-hydrogen) atoms. The van der Waals surface area contributed by atoms with Gasteiger partial charge in [-0.25, -0.2) is 8.42 Å². The number of halogens is 1. The van der Waals surface area contributed by atoms with Gasteiger partial charge in [-0.1, -0.05) is 42.7 Å². The number of benzene rings is 1. The molecule has 10 heteroatoms. The monoisotopic (exact) mass is 442 g/mol. The standard InChI is InChI=1S/C18H23ClN4O3S2/c1-2-7-16-21-22-18(27-16)20-17(24)13-8-9-14(19)15(12-13)28(25,26)23-10-5-3-4-6-11-23/h8-9,12H,2-7,10-11H2,1H3,(H,20,22,24). The third kappa shape index (κ3) is 4.89. The first-order valence-electron chi connectivity index (χ1n) is 9.35. The third-order valence-electron chi connectivity index (χ3n) is 4.53. The first kappa shape index (κ1) is 21.2. The zero-order chi connectivity index (χ0) is 20.1. The van der Waals surface area contributed by atoms with Crippen molar-refractivity contribution in [3.05, 3.63) is 33.8 Å². The van der Waals surface area contributed by atoms with Gasteiger partial charge in [0.1, 0.15) is 9.90 Å². The summed E-state index contributed by atoms with van der Waals surface area (Å²) in [5, 5.41) is 12.0. The Balaban J connectivity index is 1.82. The SMILES string of the molecule is CCCc1nnc(NC(=O)c2ccc(Cl)c(S(=O)(=O)N3CCCCCC3)c2)s1. The molecule has 1 N–H and O–H groups in total. The first-order chi connectivity index (χ1) is 13.4. The fourth-order valence-corrected chi connectivity index (χ4v) is 5.91. The maximum atomic E-state index is 13.1. The van der Waals surface area contributed by atoms with Crippen LogP contribution in [-0.4, -0.2) is 41.9 Å². The lowest BCUT2D eigenvalue weighted by Gasteiger charge is -2.21. The topological polar surface area (TPSA) is 92.3 Å². The average molecular weight is 443 g/mol. The molecule has 0 spiro atoms. The predicted octanol–water partition coefficient (Wildman–Crippen LogP) is 3.96. The van der Waals surface area contributed by atoms with Crippen LogP contribution in [0, 0.1) is 0 Å². The number of hydrogen-bond acceptors (Lipinski definition) is 6. The molecular formula is C18H23ClN4O3S2. The highest BCUT2D eigenvalue weighted by atomic mass is 35.5. The lowest BCUT2D eigenvalue weighted by molar-refractivity contribution is 0.102. The maximum absolute atomic E-state index is 13.1. The summed E-state index contributed by atoms with van der Waals surface area (Å²) < 4.78 is 27.6. The Morgan fingerprint density at radius 3 is 2.61 bits per heavy atom. The van der Waals surface area contributed by atoms with Crippen LogP contribution in [0.25, 0.3) is 0 Å². The molecule has 1 saturated heterocycles. The highest BCUT2D eigenvalue weighted by molar-refractivity contribution is 7.89. The van der Waals surface area contributed by atoms with Crippen LogP contribution < -0.4 is 5.32 Å². The highest BCUT2D eigenvalue weighted by Crippen LogP contribution is 2.28. The first-order valence-corrected chi connectivity index (χ1v) is 12.0. The maximum Gasteiger partial charge on any atom is 0.257 e. The molecule has 1 aliphatic rings. The van der Waals surface area contributed by atoms with Crippen molar-refractivity contribution in [3.63, 3.8) is 0 Å². The fourth-order valence-electron chi connectivity index (χ4n) is 3.05. The summed E-state index contributed by atoms with van der Waals surface area (Å²) in [7, 11) is -3.75. The number of nitrogens with one attached hydrogen (secondary N) is 1. The number of sulfonamides is 1. The van der Waals surface area contributed by atoms with Crippen LogP contribution in [0.15, 0.2) is 23.1 Å². The van der Waals surface area contributed by atoms with Gasteiger partial charge in [-0.2, -0.15) is 4.31 Å². The zero-order valence-corrected chi connectivity index (χ0v) is 18.0. The molecule has 1 fully saturated rings. The minimum Gasteiger partial charge on any atom is -0.296 e. The van der Waals surface area contributed by atoms with E-state index in [1.165, 1.54) is 33.8 Å². The summed E-state index contributed by atoms with van der Waals surface area (Å²) in [6.07, 6.45) is 5.43. The quantitative estimate of drug-likeness (QED) is 0.730. The highest BCUT2D eigenvalue weighted by Gasteiger charge is 2.28. The number of rotatable bonds is 6. The molecule has 152 valence electrons. The van der Waals surface area contributed by atoms with Crippen LogP contribution >= 0.6 is 22.9 Å². The number of hydrogen-bond donors (Lipinski definition) is 1. The Labute approximate surface area is 174 Å². The second kappa shape index (κ2) is 9.30. The molecule has 1 aliphatic heterocycles. The van der Waals surface area contributed by atoms with Crippen LogP contribution in [0.4, 0.5) is 5.13 Å². The predicted molar refractivity (Wildman–Crippen MR) is 111 cm³/mol. The second-order valence-corrected chi connectivity index (χ2v) is 10.0. The molecule has 2 aromatic rings. The van der Waals surface area contributed by atoms with Gasteiger partial charge in [-0.3, -0.25) is 10.1 Å². The van der Waals surface area contributed by atoms with Crippen LogP contribution in [0.3, 0.4) is 0 Å². The van der Waals surface area contributed by atoms with Crippen LogP contribution in [0.5, 0.6) is 0 Å². The van der Waals surface area contributed by atoms with Gasteiger partial charge in [-0.05, 0) is 37.5 Å². The molecule has 7 nitrogen and oxygen atoms in total. The van der Waals surface area contributed by atoms with Crippen molar-refractivity contribution in [1.82, 2.24) is 14.5 Å². The number of amides is 1. The van der Waals surface area contributed by atoms with E-state index in [9.17, 15) is 13.2 Å². The van der Waals surface area contributed by atoms with Gasteiger partial charge < -0.3 is 0 Å². The van der Waals surface area contributed by atoms with Gasteiger partial charge in [0.05, 0.1) is 5.02 Å². The van der Waals surface area contributed by atoms with Crippen LogP contribution in [-0.2, 0) is 16.4 Å². The summed E-state index contributed by atoms with van der Waals surface area (Å²) in [4.78, 5) is 12.5. The Hall–Kier alpha value is -1.55. The molecule has 0 saturated carbocycles. The Kier molecular flexibility index (Phi) is 7.03. The van der Waals surface area contributed by atoms with E-state index < -0.39 is 15.9 Å². The molecule has 0 radical (unpaired) electrons. The number of carbonyl (C=O) groups is 1. The van der Waals surface area contributed by atoms with E-state index in [2.05, 4.69) is 15.5 Å². The number of aryl methyl sites for hydroxylation is 1. The van der Waals surface area contributed by atoms with Crippen LogP contribution in [0.2, 0.25) is 5.02 Å². The summed E-state index contributed by atoms with van der Waals surface area (Å²) in [6.45, 7) is 2.99. The Bertz CT molecular complexity index is 938. The Morgan fingerprint density at radius 1 is 1.21 bits per heavy atom. The van der Waals surface area contributed by atoms with Crippen molar-refractivity contribution >= 4 is 44.0 Å². The number of carbonyl (C=O) groups excluding carboxylic acids is 1. The lowest BCUT2D eigenvalue weighted by atomic mass is 10.2. The summed E-state index contributed by atoms with van der Waals surface area (Å²) in [5.74, 6) is -0.441. The van der Waals surface area contributed by atoms with Crippen molar-refractivity contribution in [1.29, 1.82) is 0 Å². The van der Waals surface area contributed by atoms with Crippen molar-refractivity contribution in [3.8, 4) is 0 Å². The molecule has 0 atom stereocenters. The van der Waals surface area contributed by atoms with E-state index in [-0.39, 0.29) is 15.5 Å². The number of nitrogens with zero attached hydrogens (tertiary/aromatic N) is 3. The van der Waals surface area contributed by atoms with Gasteiger partial charge in [0.2, 0.25) is 15.2 Å². The minimum absolute atomic E-state index is 0.0346. The van der Waals surface area contributed by atoms with E-state index in [4.69, 9.17) is 11.6 Å². The van der Waals surface area contributed by atoms with Gasteiger partial charge in [0.25, 0.3) is 5.91 Å². The summed E-state index contributed by atoms with van der Waals surface area (Å²) >= 11 is 7.50. The normalized spacial score (nSPS) is 15.9.